The molecule has 1 aromatic carbocycles. The Morgan fingerprint density at radius 2 is 1.94 bits per heavy atom. The third-order valence-corrected chi connectivity index (χ3v) is 2.07. The molecule has 0 bridgehead atoms. The van der Waals surface area contributed by atoms with Gasteiger partial charge in [-0.25, -0.2) is 0 Å². The molecule has 1 amide bonds. The summed E-state index contributed by atoms with van der Waals surface area (Å²) >= 11 is 0. The molecular formula is C10H8F3NO3. The van der Waals surface area contributed by atoms with Gasteiger partial charge >= 0.3 is 12.1 Å². The molecule has 0 fully saturated rings. The lowest BCUT2D eigenvalue weighted by Crippen LogP contribution is -2.30. The summed E-state index contributed by atoms with van der Waals surface area (Å²) in [6.07, 6.45) is -4.93. The molecule has 92 valence electrons. The van der Waals surface area contributed by atoms with Crippen LogP contribution in [0.15, 0.2) is 18.2 Å². The summed E-state index contributed by atoms with van der Waals surface area (Å²) in [5.41, 5.74) is -0.0514. The Bertz CT molecular complexity index is 445. The van der Waals surface area contributed by atoms with Gasteiger partial charge in [0, 0.05) is 0 Å². The summed E-state index contributed by atoms with van der Waals surface area (Å²) in [7, 11) is 0. The molecule has 0 saturated heterocycles. The molecule has 1 aliphatic heterocycles. The SMILES string of the molecule is O=C(Nc1cccc2c1OCCO2)C(F)(F)F. The second-order valence-corrected chi connectivity index (χ2v) is 3.28. The van der Waals surface area contributed by atoms with Gasteiger partial charge in [0.1, 0.15) is 13.2 Å². The maximum Gasteiger partial charge on any atom is 0.471 e. The van der Waals surface area contributed by atoms with Crippen LogP contribution in [0.4, 0.5) is 18.9 Å². The smallest absolute Gasteiger partial charge is 0.471 e. The monoisotopic (exact) mass is 247 g/mol. The van der Waals surface area contributed by atoms with E-state index in [1.807, 2.05) is 0 Å². The van der Waals surface area contributed by atoms with Crippen molar-refractivity contribution in [2.75, 3.05) is 18.5 Å². The summed E-state index contributed by atoms with van der Waals surface area (Å²) in [5, 5.41) is 1.74. The van der Waals surface area contributed by atoms with E-state index in [2.05, 4.69) is 0 Å². The Kier molecular flexibility index (Phi) is 2.83. The van der Waals surface area contributed by atoms with Gasteiger partial charge in [-0.15, -0.1) is 0 Å². The number of carbonyl (C=O) groups is 1. The first-order valence-electron chi connectivity index (χ1n) is 4.75. The Morgan fingerprint density at radius 1 is 1.24 bits per heavy atom. The highest BCUT2D eigenvalue weighted by Crippen LogP contribution is 2.37. The third-order valence-electron chi connectivity index (χ3n) is 2.07. The highest BCUT2D eigenvalue weighted by Gasteiger charge is 2.39. The van der Waals surface area contributed by atoms with E-state index >= 15 is 0 Å². The van der Waals surface area contributed by atoms with Crippen LogP contribution in [-0.4, -0.2) is 25.3 Å². The maximum absolute atomic E-state index is 12.1. The second-order valence-electron chi connectivity index (χ2n) is 3.28. The van der Waals surface area contributed by atoms with Crippen molar-refractivity contribution in [3.63, 3.8) is 0 Å². The average molecular weight is 247 g/mol. The number of para-hydroxylation sites is 1. The fraction of sp³-hybridized carbons (Fsp3) is 0.300. The summed E-state index contributed by atoms with van der Waals surface area (Å²) in [6, 6.07) is 4.34. The summed E-state index contributed by atoms with van der Waals surface area (Å²) < 4.78 is 46.6. The highest BCUT2D eigenvalue weighted by atomic mass is 19.4. The highest BCUT2D eigenvalue weighted by molar-refractivity contribution is 5.96. The largest absolute Gasteiger partial charge is 0.486 e. The maximum atomic E-state index is 12.1. The molecule has 0 radical (unpaired) electrons. The van der Waals surface area contributed by atoms with Crippen LogP contribution in [0.25, 0.3) is 0 Å². The van der Waals surface area contributed by atoms with E-state index in [0.29, 0.717) is 12.4 Å². The van der Waals surface area contributed by atoms with Gasteiger partial charge in [-0.2, -0.15) is 13.2 Å². The average Bonchev–Trinajstić information content (AvgIpc) is 2.28. The molecule has 0 aliphatic carbocycles. The first kappa shape index (κ1) is 11.6. The first-order valence-corrected chi connectivity index (χ1v) is 4.75. The summed E-state index contributed by atoms with van der Waals surface area (Å²) in [6.45, 7) is 0.551. The molecule has 1 heterocycles. The molecule has 17 heavy (non-hydrogen) atoms. The number of carbonyl (C=O) groups excluding carboxylic acids is 1. The predicted octanol–water partition coefficient (Wildman–Crippen LogP) is 1.96. The fourth-order valence-corrected chi connectivity index (χ4v) is 1.37. The quantitative estimate of drug-likeness (QED) is 0.825. The van der Waals surface area contributed by atoms with Gasteiger partial charge in [-0.1, -0.05) is 6.07 Å². The minimum atomic E-state index is -4.93. The number of hydrogen-bond acceptors (Lipinski definition) is 3. The Hall–Kier alpha value is -1.92. The molecule has 0 saturated carbocycles. The number of nitrogens with one attached hydrogen (secondary N) is 1. The number of benzene rings is 1. The van der Waals surface area contributed by atoms with Crippen molar-refractivity contribution in [1.29, 1.82) is 0 Å². The zero-order valence-electron chi connectivity index (χ0n) is 8.50. The van der Waals surface area contributed by atoms with E-state index in [-0.39, 0.29) is 18.0 Å². The number of rotatable bonds is 1. The minimum Gasteiger partial charge on any atom is -0.486 e. The van der Waals surface area contributed by atoms with Gasteiger partial charge in [-0.05, 0) is 12.1 Å². The van der Waals surface area contributed by atoms with E-state index < -0.39 is 12.1 Å². The Morgan fingerprint density at radius 3 is 2.65 bits per heavy atom. The zero-order valence-corrected chi connectivity index (χ0v) is 8.50. The lowest BCUT2D eigenvalue weighted by Gasteiger charge is -2.21. The van der Waals surface area contributed by atoms with Crippen molar-refractivity contribution in [2.24, 2.45) is 0 Å². The molecule has 1 aliphatic rings. The fourth-order valence-electron chi connectivity index (χ4n) is 1.37. The van der Waals surface area contributed by atoms with Gasteiger partial charge in [-0.3, -0.25) is 4.79 Å². The second kappa shape index (κ2) is 4.15. The number of hydrogen-bond donors (Lipinski definition) is 1. The molecule has 0 aromatic heterocycles. The van der Waals surface area contributed by atoms with Crippen molar-refractivity contribution in [3.05, 3.63) is 18.2 Å². The summed E-state index contributed by atoms with van der Waals surface area (Å²) in [5.74, 6) is -1.60. The molecule has 0 atom stereocenters. The number of amides is 1. The van der Waals surface area contributed by atoms with E-state index in [9.17, 15) is 18.0 Å². The molecule has 0 spiro atoms. The van der Waals surface area contributed by atoms with E-state index in [1.165, 1.54) is 12.1 Å². The number of halogens is 3. The van der Waals surface area contributed by atoms with Gasteiger partial charge in [0.25, 0.3) is 0 Å². The molecule has 4 nitrogen and oxygen atoms in total. The van der Waals surface area contributed by atoms with Crippen LogP contribution < -0.4 is 14.8 Å². The van der Waals surface area contributed by atoms with Crippen molar-refractivity contribution in [2.45, 2.75) is 6.18 Å². The van der Waals surface area contributed by atoms with Crippen molar-refractivity contribution < 1.29 is 27.4 Å². The normalized spacial score (nSPS) is 14.3. The Balaban J connectivity index is 2.25. The molecule has 1 N–H and O–H groups in total. The van der Waals surface area contributed by atoms with E-state index in [1.54, 1.807) is 11.4 Å². The van der Waals surface area contributed by atoms with Gasteiger partial charge in [0.05, 0.1) is 5.69 Å². The van der Waals surface area contributed by atoms with Crippen LogP contribution in [0, 0.1) is 0 Å². The van der Waals surface area contributed by atoms with Crippen LogP contribution in [0.2, 0.25) is 0 Å². The van der Waals surface area contributed by atoms with Gasteiger partial charge in [0.15, 0.2) is 11.5 Å². The van der Waals surface area contributed by atoms with Crippen molar-refractivity contribution in [1.82, 2.24) is 0 Å². The molecular weight excluding hydrogens is 239 g/mol. The predicted molar refractivity (Wildman–Crippen MR) is 52.1 cm³/mol. The summed E-state index contributed by atoms with van der Waals surface area (Å²) in [4.78, 5) is 10.8. The van der Waals surface area contributed by atoms with Crippen LogP contribution >= 0.6 is 0 Å². The lowest BCUT2D eigenvalue weighted by atomic mass is 10.2. The molecule has 7 heteroatoms. The van der Waals surface area contributed by atoms with E-state index in [4.69, 9.17) is 9.47 Å². The van der Waals surface area contributed by atoms with Crippen LogP contribution in [-0.2, 0) is 4.79 Å². The van der Waals surface area contributed by atoms with Crippen molar-refractivity contribution >= 4 is 11.6 Å². The molecule has 2 rings (SSSR count). The van der Waals surface area contributed by atoms with Crippen molar-refractivity contribution in [3.8, 4) is 11.5 Å². The number of ether oxygens (including phenoxy) is 2. The van der Waals surface area contributed by atoms with Crippen LogP contribution in [0.3, 0.4) is 0 Å². The number of anilines is 1. The third kappa shape index (κ3) is 2.43. The van der Waals surface area contributed by atoms with Crippen LogP contribution in [0.5, 0.6) is 11.5 Å². The zero-order chi connectivity index (χ0) is 12.5. The topological polar surface area (TPSA) is 47.6 Å². The van der Waals surface area contributed by atoms with Crippen LogP contribution in [0.1, 0.15) is 0 Å². The van der Waals surface area contributed by atoms with Gasteiger partial charge < -0.3 is 14.8 Å². The first-order chi connectivity index (χ1) is 7.98. The minimum absolute atomic E-state index is 0.0514. The Labute approximate surface area is 94.3 Å². The van der Waals surface area contributed by atoms with Gasteiger partial charge in [0.2, 0.25) is 0 Å². The number of fused-ring (bicyclic) bond motifs is 1. The number of alkyl halides is 3. The standard InChI is InChI=1S/C10H8F3NO3/c11-10(12,13)9(15)14-6-2-1-3-7-8(6)17-5-4-16-7/h1-3H,4-5H2,(H,14,15). The molecule has 0 unspecified atom stereocenters. The molecule has 1 aromatic rings. The van der Waals surface area contributed by atoms with E-state index in [0.717, 1.165) is 0 Å². The lowest BCUT2D eigenvalue weighted by molar-refractivity contribution is -0.167.